The molecular formula is C25H21FN2O5. The summed E-state index contributed by atoms with van der Waals surface area (Å²) in [5.41, 5.74) is 4.12. The lowest BCUT2D eigenvalue weighted by atomic mass is 9.98. The summed E-state index contributed by atoms with van der Waals surface area (Å²) in [7, 11) is 0. The number of benzene rings is 3. The number of carboxylic acid groups (broad SMARTS) is 1. The second-order valence-electron chi connectivity index (χ2n) is 7.55. The molecule has 0 aromatic heterocycles. The topological polar surface area (TPSA) is 105 Å². The molecule has 3 N–H and O–H groups in total. The quantitative estimate of drug-likeness (QED) is 0.497. The molecule has 0 radical (unpaired) electrons. The van der Waals surface area contributed by atoms with E-state index in [-0.39, 0.29) is 31.2 Å². The normalized spacial score (nSPS) is 11.9. The number of nitrogens with one attached hydrogen (secondary N) is 2. The Kier molecular flexibility index (Phi) is 6.35. The lowest BCUT2D eigenvalue weighted by Gasteiger charge is -2.14. The van der Waals surface area contributed by atoms with E-state index in [0.717, 1.165) is 34.4 Å². The summed E-state index contributed by atoms with van der Waals surface area (Å²) >= 11 is 0. The molecule has 168 valence electrons. The fraction of sp³-hybridized carbons (Fsp3) is 0.160. The first-order valence-electron chi connectivity index (χ1n) is 10.4. The number of amides is 2. The zero-order valence-electron chi connectivity index (χ0n) is 17.5. The first-order chi connectivity index (χ1) is 15.9. The fourth-order valence-electron chi connectivity index (χ4n) is 3.92. The summed E-state index contributed by atoms with van der Waals surface area (Å²) < 4.78 is 19.1. The standard InChI is InChI=1S/C25H21FN2O5/c26-22-13-15(9-10-20(22)24(30)31)28-23(29)11-12-27-25(32)33-14-21-18-7-3-1-5-16(18)17-6-2-4-8-19(17)21/h1-10,13,21H,11-12,14H2,(H,27,32)(H,28,29)(H,30,31). The lowest BCUT2D eigenvalue weighted by molar-refractivity contribution is -0.116. The molecule has 1 aliphatic rings. The number of rotatable bonds is 7. The second kappa shape index (κ2) is 9.52. The predicted molar refractivity (Wildman–Crippen MR) is 120 cm³/mol. The average molecular weight is 448 g/mol. The van der Waals surface area contributed by atoms with Gasteiger partial charge in [-0.1, -0.05) is 48.5 Å². The molecule has 7 nitrogen and oxygen atoms in total. The third-order valence-corrected chi connectivity index (χ3v) is 5.45. The van der Waals surface area contributed by atoms with Gasteiger partial charge in [-0.3, -0.25) is 4.79 Å². The van der Waals surface area contributed by atoms with Gasteiger partial charge in [0.05, 0.1) is 5.56 Å². The Hall–Kier alpha value is -4.20. The number of fused-ring (bicyclic) bond motifs is 3. The van der Waals surface area contributed by atoms with E-state index in [2.05, 4.69) is 10.6 Å². The van der Waals surface area contributed by atoms with E-state index in [1.165, 1.54) is 6.07 Å². The zero-order valence-corrected chi connectivity index (χ0v) is 17.5. The number of halogens is 1. The molecule has 3 aromatic carbocycles. The number of carboxylic acids is 1. The Morgan fingerprint density at radius 3 is 2.18 bits per heavy atom. The molecule has 33 heavy (non-hydrogen) atoms. The summed E-state index contributed by atoms with van der Waals surface area (Å²) in [4.78, 5) is 35.0. The van der Waals surface area contributed by atoms with Crippen LogP contribution in [0.2, 0.25) is 0 Å². The maximum absolute atomic E-state index is 13.7. The van der Waals surface area contributed by atoms with Gasteiger partial charge < -0.3 is 20.5 Å². The van der Waals surface area contributed by atoms with E-state index in [1.807, 2.05) is 48.5 Å². The molecule has 0 bridgehead atoms. The summed E-state index contributed by atoms with van der Waals surface area (Å²) in [5, 5.41) is 13.8. The number of aromatic carboxylic acids is 1. The molecule has 0 spiro atoms. The van der Waals surface area contributed by atoms with Gasteiger partial charge in [0.25, 0.3) is 0 Å². The van der Waals surface area contributed by atoms with Gasteiger partial charge in [-0.05, 0) is 40.5 Å². The van der Waals surface area contributed by atoms with Gasteiger partial charge in [-0.2, -0.15) is 0 Å². The summed E-state index contributed by atoms with van der Waals surface area (Å²) in [5.74, 6) is -2.86. The minimum absolute atomic E-state index is 0.0260. The van der Waals surface area contributed by atoms with Crippen molar-refractivity contribution in [3.05, 3.63) is 89.2 Å². The molecule has 4 rings (SSSR count). The highest BCUT2D eigenvalue weighted by Gasteiger charge is 2.28. The van der Waals surface area contributed by atoms with Crippen molar-refractivity contribution in [1.82, 2.24) is 5.32 Å². The van der Waals surface area contributed by atoms with Crippen molar-refractivity contribution in [2.75, 3.05) is 18.5 Å². The molecule has 8 heteroatoms. The molecule has 0 aliphatic heterocycles. The third kappa shape index (κ3) is 4.85. The van der Waals surface area contributed by atoms with Crippen molar-refractivity contribution < 1.29 is 28.6 Å². The average Bonchev–Trinajstić information content (AvgIpc) is 3.11. The number of alkyl carbamates (subject to hydrolysis) is 1. The smallest absolute Gasteiger partial charge is 0.407 e. The van der Waals surface area contributed by atoms with Crippen LogP contribution in [0.5, 0.6) is 0 Å². The molecule has 1 aliphatic carbocycles. The first kappa shape index (κ1) is 22.0. The van der Waals surface area contributed by atoms with Gasteiger partial charge in [0.1, 0.15) is 12.4 Å². The van der Waals surface area contributed by atoms with Crippen LogP contribution in [0.3, 0.4) is 0 Å². The van der Waals surface area contributed by atoms with E-state index < -0.39 is 29.4 Å². The van der Waals surface area contributed by atoms with Crippen LogP contribution in [-0.2, 0) is 9.53 Å². The van der Waals surface area contributed by atoms with Crippen LogP contribution in [0.15, 0.2) is 66.7 Å². The molecule has 0 atom stereocenters. The Bertz CT molecular complexity index is 1180. The molecule has 0 saturated heterocycles. The number of carbonyl (C=O) groups excluding carboxylic acids is 2. The van der Waals surface area contributed by atoms with E-state index >= 15 is 0 Å². The zero-order chi connectivity index (χ0) is 23.4. The Balaban J connectivity index is 1.25. The largest absolute Gasteiger partial charge is 0.478 e. The molecule has 0 unspecified atom stereocenters. The van der Waals surface area contributed by atoms with Gasteiger partial charge in [0, 0.05) is 24.6 Å². The number of carbonyl (C=O) groups is 3. The molecule has 3 aromatic rings. The summed E-state index contributed by atoms with van der Waals surface area (Å²) in [6.07, 6.45) is -0.700. The van der Waals surface area contributed by atoms with Crippen LogP contribution in [0, 0.1) is 5.82 Å². The van der Waals surface area contributed by atoms with Crippen molar-refractivity contribution in [2.24, 2.45) is 0 Å². The summed E-state index contributed by atoms with van der Waals surface area (Å²) in [6.45, 7) is 0.194. The molecule has 2 amide bonds. The van der Waals surface area contributed by atoms with Crippen LogP contribution in [0.1, 0.15) is 33.8 Å². The van der Waals surface area contributed by atoms with Crippen molar-refractivity contribution in [1.29, 1.82) is 0 Å². The third-order valence-electron chi connectivity index (χ3n) is 5.45. The van der Waals surface area contributed by atoms with Crippen LogP contribution < -0.4 is 10.6 Å². The van der Waals surface area contributed by atoms with Gasteiger partial charge in [-0.25, -0.2) is 14.0 Å². The van der Waals surface area contributed by atoms with E-state index in [1.54, 1.807) is 0 Å². The highest BCUT2D eigenvalue weighted by atomic mass is 19.1. The highest BCUT2D eigenvalue weighted by molar-refractivity contribution is 5.93. The number of ether oxygens (including phenoxy) is 1. The molecular weight excluding hydrogens is 427 g/mol. The van der Waals surface area contributed by atoms with E-state index in [9.17, 15) is 18.8 Å². The van der Waals surface area contributed by atoms with Crippen LogP contribution in [0.25, 0.3) is 11.1 Å². The minimum Gasteiger partial charge on any atom is -0.478 e. The van der Waals surface area contributed by atoms with Crippen LogP contribution >= 0.6 is 0 Å². The van der Waals surface area contributed by atoms with Gasteiger partial charge in [-0.15, -0.1) is 0 Å². The van der Waals surface area contributed by atoms with Crippen molar-refractivity contribution >= 4 is 23.7 Å². The minimum atomic E-state index is -1.39. The molecule has 0 heterocycles. The van der Waals surface area contributed by atoms with Crippen molar-refractivity contribution in [3.8, 4) is 11.1 Å². The fourth-order valence-corrected chi connectivity index (χ4v) is 3.92. The number of hydrogen-bond acceptors (Lipinski definition) is 4. The van der Waals surface area contributed by atoms with Gasteiger partial charge >= 0.3 is 12.1 Å². The second-order valence-corrected chi connectivity index (χ2v) is 7.55. The number of hydrogen-bond donors (Lipinski definition) is 3. The van der Waals surface area contributed by atoms with Crippen LogP contribution in [-0.4, -0.2) is 36.2 Å². The van der Waals surface area contributed by atoms with Gasteiger partial charge in [0.2, 0.25) is 5.91 Å². The Morgan fingerprint density at radius 1 is 0.939 bits per heavy atom. The monoisotopic (exact) mass is 448 g/mol. The van der Waals surface area contributed by atoms with E-state index in [4.69, 9.17) is 9.84 Å². The summed E-state index contributed by atoms with van der Waals surface area (Å²) in [6, 6.07) is 19.3. The highest BCUT2D eigenvalue weighted by Crippen LogP contribution is 2.44. The SMILES string of the molecule is O=C(CCNC(=O)OCC1c2ccccc2-c2ccccc21)Nc1ccc(C(=O)O)c(F)c1. The van der Waals surface area contributed by atoms with Crippen molar-refractivity contribution in [3.63, 3.8) is 0 Å². The Labute approximate surface area is 189 Å². The van der Waals surface area contributed by atoms with Crippen LogP contribution in [0.4, 0.5) is 14.9 Å². The maximum atomic E-state index is 13.7. The lowest BCUT2D eigenvalue weighted by Crippen LogP contribution is -2.29. The molecule has 0 saturated carbocycles. The maximum Gasteiger partial charge on any atom is 0.407 e. The number of anilines is 1. The molecule has 0 fully saturated rings. The Morgan fingerprint density at radius 2 is 1.58 bits per heavy atom. The van der Waals surface area contributed by atoms with Crippen molar-refractivity contribution in [2.45, 2.75) is 12.3 Å². The van der Waals surface area contributed by atoms with Gasteiger partial charge in [0.15, 0.2) is 0 Å². The predicted octanol–water partition coefficient (Wildman–Crippen LogP) is 4.39. The first-order valence-corrected chi connectivity index (χ1v) is 10.4. The van der Waals surface area contributed by atoms with E-state index in [0.29, 0.717) is 0 Å².